The zero-order valence-electron chi connectivity index (χ0n) is 22.2. The molecule has 0 spiro atoms. The fraction of sp³-hybridized carbons (Fsp3) is 0.400. The third kappa shape index (κ3) is 6.99. The van der Waals surface area contributed by atoms with Crippen molar-refractivity contribution in [1.29, 1.82) is 0 Å². The Balaban J connectivity index is 1.52. The Hall–Kier alpha value is -3.80. The first-order valence-electron chi connectivity index (χ1n) is 12.6. The van der Waals surface area contributed by atoms with Crippen LogP contribution in [-0.4, -0.2) is 68.6 Å². The minimum Gasteiger partial charge on any atom is -0.491 e. The molecule has 3 heterocycles. The number of nitrogens with zero attached hydrogens (tertiary/aromatic N) is 5. The van der Waals surface area contributed by atoms with Crippen LogP contribution in [0.25, 0.3) is 0 Å². The van der Waals surface area contributed by atoms with Gasteiger partial charge in [0.05, 0.1) is 31.7 Å². The number of benzene rings is 1. The van der Waals surface area contributed by atoms with Gasteiger partial charge in [0.15, 0.2) is 5.82 Å². The standard InChI is InChI=1S/C25H31N6O7P/c1-5-35-39(34,36-6-2)31-11-8-22(29-31)28-24(32)18-12-19(37-17(3)4)14-20(13-18)38-23-16-26-21(15-27-23)25(33)30-9-7-10-30/h8,11-17H,5-7,9-10H2,1-4H3,(H,28,29,32). The van der Waals surface area contributed by atoms with Crippen LogP contribution in [0.4, 0.5) is 5.82 Å². The molecule has 0 radical (unpaired) electrons. The summed E-state index contributed by atoms with van der Waals surface area (Å²) in [5, 5.41) is 6.81. The molecule has 1 aromatic carbocycles. The molecular formula is C25H31N6O7P. The van der Waals surface area contributed by atoms with Gasteiger partial charge in [-0.15, -0.1) is 5.10 Å². The van der Waals surface area contributed by atoms with Crippen LogP contribution in [0.15, 0.2) is 42.9 Å². The molecule has 208 valence electrons. The molecule has 2 amide bonds. The third-order valence-corrected chi connectivity index (χ3v) is 7.27. The second kappa shape index (κ2) is 12.4. The number of amides is 2. The molecule has 1 N–H and O–H groups in total. The first kappa shape index (κ1) is 28.2. The van der Waals surface area contributed by atoms with Gasteiger partial charge in [0.25, 0.3) is 11.8 Å². The number of nitrogens with one attached hydrogen (secondary N) is 1. The molecule has 3 aromatic rings. The van der Waals surface area contributed by atoms with E-state index in [9.17, 15) is 14.2 Å². The normalized spacial score (nSPS) is 13.2. The summed E-state index contributed by atoms with van der Waals surface area (Å²) in [5.41, 5.74) is 0.449. The summed E-state index contributed by atoms with van der Waals surface area (Å²) in [4.78, 5) is 35.5. The lowest BCUT2D eigenvalue weighted by Gasteiger charge is -2.30. The van der Waals surface area contributed by atoms with E-state index in [4.69, 9.17) is 18.5 Å². The average Bonchev–Trinajstić information content (AvgIpc) is 3.32. The highest BCUT2D eigenvalue weighted by molar-refractivity contribution is 7.52. The maximum atomic E-state index is 13.1. The van der Waals surface area contributed by atoms with Gasteiger partial charge < -0.3 is 19.7 Å². The molecule has 0 aliphatic carbocycles. The maximum Gasteiger partial charge on any atom is 0.455 e. The predicted octanol–water partition coefficient (Wildman–Crippen LogP) is 4.38. The van der Waals surface area contributed by atoms with Gasteiger partial charge in [-0.3, -0.25) is 18.6 Å². The Kier molecular flexibility index (Phi) is 8.95. The molecule has 14 heteroatoms. The first-order valence-corrected chi connectivity index (χ1v) is 14.1. The fourth-order valence-electron chi connectivity index (χ4n) is 3.57. The van der Waals surface area contributed by atoms with Crippen LogP contribution >= 0.6 is 7.75 Å². The molecule has 0 bridgehead atoms. The molecule has 0 atom stereocenters. The van der Waals surface area contributed by atoms with Crippen LogP contribution in [0.1, 0.15) is 55.0 Å². The Morgan fingerprint density at radius 2 is 1.77 bits per heavy atom. The first-order chi connectivity index (χ1) is 18.7. The van der Waals surface area contributed by atoms with E-state index in [1.165, 1.54) is 30.7 Å². The summed E-state index contributed by atoms with van der Waals surface area (Å²) in [6.45, 7) is 8.84. The Bertz CT molecular complexity index is 1350. The highest BCUT2D eigenvalue weighted by atomic mass is 31.2. The lowest BCUT2D eigenvalue weighted by atomic mass is 10.2. The second-order valence-electron chi connectivity index (χ2n) is 8.73. The average molecular weight is 559 g/mol. The monoisotopic (exact) mass is 558 g/mol. The molecule has 1 aliphatic rings. The molecule has 1 aliphatic heterocycles. The Labute approximate surface area is 226 Å². The fourth-order valence-corrected chi connectivity index (χ4v) is 4.97. The molecular weight excluding hydrogens is 527 g/mol. The van der Waals surface area contributed by atoms with Gasteiger partial charge in [-0.05, 0) is 46.2 Å². The zero-order valence-corrected chi connectivity index (χ0v) is 23.1. The van der Waals surface area contributed by atoms with Gasteiger partial charge >= 0.3 is 7.75 Å². The van der Waals surface area contributed by atoms with Gasteiger partial charge in [0.1, 0.15) is 17.2 Å². The Morgan fingerprint density at radius 3 is 2.36 bits per heavy atom. The van der Waals surface area contributed by atoms with Gasteiger partial charge in [-0.25, -0.2) is 14.5 Å². The number of rotatable bonds is 12. The van der Waals surface area contributed by atoms with Crippen molar-refractivity contribution in [3.63, 3.8) is 0 Å². The SMILES string of the molecule is CCOP(=O)(OCC)n1ccc(NC(=O)c2cc(Oc3cnc(C(=O)N4CCC4)cn3)cc(OC(C)C)c2)n1. The summed E-state index contributed by atoms with van der Waals surface area (Å²) in [6, 6.07) is 6.16. The Morgan fingerprint density at radius 1 is 1.05 bits per heavy atom. The van der Waals surface area contributed by atoms with Crippen molar-refractivity contribution in [2.45, 2.75) is 40.2 Å². The van der Waals surface area contributed by atoms with Crippen LogP contribution in [0, 0.1) is 0 Å². The quantitative estimate of drug-likeness (QED) is 0.318. The van der Waals surface area contributed by atoms with E-state index in [0.29, 0.717) is 18.8 Å². The van der Waals surface area contributed by atoms with Gasteiger partial charge in [-0.1, -0.05) is 0 Å². The van der Waals surface area contributed by atoms with E-state index in [0.717, 1.165) is 10.9 Å². The molecule has 1 saturated heterocycles. The smallest absolute Gasteiger partial charge is 0.455 e. The highest BCUT2D eigenvalue weighted by Crippen LogP contribution is 2.48. The molecule has 39 heavy (non-hydrogen) atoms. The van der Waals surface area contributed by atoms with Crippen molar-refractivity contribution >= 4 is 25.4 Å². The highest BCUT2D eigenvalue weighted by Gasteiger charge is 2.28. The van der Waals surface area contributed by atoms with Crippen molar-refractivity contribution < 1.29 is 32.7 Å². The zero-order chi connectivity index (χ0) is 28.0. The molecule has 2 aromatic heterocycles. The summed E-state index contributed by atoms with van der Waals surface area (Å²) in [5.74, 6) is 0.275. The van der Waals surface area contributed by atoms with Crippen molar-refractivity contribution in [3.05, 3.63) is 54.1 Å². The lowest BCUT2D eigenvalue weighted by Crippen LogP contribution is -2.42. The summed E-state index contributed by atoms with van der Waals surface area (Å²) in [7, 11) is -3.67. The number of carbonyl (C=O) groups is 2. The number of aromatic nitrogens is 4. The number of hydrogen-bond donors (Lipinski definition) is 1. The number of anilines is 1. The predicted molar refractivity (Wildman–Crippen MR) is 141 cm³/mol. The molecule has 0 saturated carbocycles. The number of hydrogen-bond acceptors (Lipinski definition) is 10. The molecule has 0 unspecified atom stereocenters. The topological polar surface area (TPSA) is 147 Å². The second-order valence-corrected chi connectivity index (χ2v) is 10.6. The number of ether oxygens (including phenoxy) is 2. The molecule has 4 rings (SSSR count). The van der Waals surface area contributed by atoms with Crippen molar-refractivity contribution in [3.8, 4) is 17.4 Å². The van der Waals surface area contributed by atoms with Gasteiger partial charge in [0, 0.05) is 37.0 Å². The van der Waals surface area contributed by atoms with Crippen LogP contribution < -0.4 is 14.8 Å². The van der Waals surface area contributed by atoms with E-state index in [-0.39, 0.29) is 53.9 Å². The molecule has 1 fully saturated rings. The van der Waals surface area contributed by atoms with E-state index in [2.05, 4.69) is 20.4 Å². The van der Waals surface area contributed by atoms with E-state index >= 15 is 0 Å². The van der Waals surface area contributed by atoms with Crippen molar-refractivity contribution in [2.75, 3.05) is 31.6 Å². The van der Waals surface area contributed by atoms with E-state index in [1.807, 2.05) is 13.8 Å². The summed E-state index contributed by atoms with van der Waals surface area (Å²) < 4.78 is 36.2. The van der Waals surface area contributed by atoms with Crippen LogP contribution in [0.2, 0.25) is 0 Å². The third-order valence-electron chi connectivity index (χ3n) is 5.38. The minimum absolute atomic E-state index is 0.143. The maximum absolute atomic E-state index is 13.1. The minimum atomic E-state index is -3.67. The van der Waals surface area contributed by atoms with E-state index < -0.39 is 13.7 Å². The van der Waals surface area contributed by atoms with Crippen LogP contribution in [0.5, 0.6) is 17.4 Å². The molecule has 13 nitrogen and oxygen atoms in total. The summed E-state index contributed by atoms with van der Waals surface area (Å²) >= 11 is 0. The van der Waals surface area contributed by atoms with Gasteiger partial charge in [-0.2, -0.15) is 4.45 Å². The number of carbonyl (C=O) groups excluding carboxylic acids is 2. The van der Waals surface area contributed by atoms with Crippen LogP contribution in [-0.2, 0) is 13.6 Å². The lowest BCUT2D eigenvalue weighted by molar-refractivity contribution is 0.0645. The summed E-state index contributed by atoms with van der Waals surface area (Å²) in [6.07, 6.45) is 4.93. The van der Waals surface area contributed by atoms with Crippen molar-refractivity contribution in [2.24, 2.45) is 0 Å². The van der Waals surface area contributed by atoms with E-state index in [1.54, 1.807) is 30.9 Å². The van der Waals surface area contributed by atoms with Crippen LogP contribution in [0.3, 0.4) is 0 Å². The van der Waals surface area contributed by atoms with Crippen molar-refractivity contribution in [1.82, 2.24) is 24.4 Å². The van der Waals surface area contributed by atoms with Gasteiger partial charge in [0.2, 0.25) is 5.88 Å². The largest absolute Gasteiger partial charge is 0.491 e. The number of likely N-dealkylation sites (tertiary alicyclic amines) is 1.